The Morgan fingerprint density at radius 2 is 1.71 bits per heavy atom. The molecule has 1 N–H and O–H groups in total. The Bertz CT molecular complexity index is 1570. The van der Waals surface area contributed by atoms with E-state index in [9.17, 15) is 13.5 Å². The van der Waals surface area contributed by atoms with Gasteiger partial charge >= 0.3 is 0 Å². The second-order valence-electron chi connectivity index (χ2n) is 13.2. The van der Waals surface area contributed by atoms with Crippen LogP contribution in [-0.4, -0.2) is 96.9 Å². The SMILES string of the molecule is COCCCN1CCOc2ccc(CO[C@H]3CN(S(=O)(=O)c4ccc(C)cc4)[C@H](CO)C[C@@H]3c3ccc(COCC(C)COC)cc3)cc21. The molecule has 1 saturated heterocycles. The van der Waals surface area contributed by atoms with Crippen molar-refractivity contribution in [3.8, 4) is 5.75 Å². The van der Waals surface area contributed by atoms with E-state index >= 15 is 0 Å². The summed E-state index contributed by atoms with van der Waals surface area (Å²) >= 11 is 0. The first-order valence-corrected chi connectivity index (χ1v) is 18.6. The molecule has 10 nitrogen and oxygen atoms in total. The van der Waals surface area contributed by atoms with Gasteiger partial charge in [-0.3, -0.25) is 0 Å². The average molecular weight is 697 g/mol. The molecule has 5 rings (SSSR count). The molecule has 0 aliphatic carbocycles. The van der Waals surface area contributed by atoms with Crippen LogP contribution in [0.3, 0.4) is 0 Å². The van der Waals surface area contributed by atoms with Crippen LogP contribution in [0.5, 0.6) is 5.75 Å². The summed E-state index contributed by atoms with van der Waals surface area (Å²) in [5.41, 5.74) is 5.07. The fraction of sp³-hybridized carbons (Fsp3) is 0.526. The highest BCUT2D eigenvalue weighted by Crippen LogP contribution is 2.38. The first kappa shape index (κ1) is 37.2. The first-order valence-electron chi connectivity index (χ1n) is 17.2. The number of aryl methyl sites for hydroxylation is 1. The van der Waals surface area contributed by atoms with E-state index in [2.05, 4.69) is 42.2 Å². The number of hydrogen-bond acceptors (Lipinski definition) is 9. The van der Waals surface area contributed by atoms with E-state index in [1.165, 1.54) is 4.31 Å². The van der Waals surface area contributed by atoms with Gasteiger partial charge in [-0.05, 0) is 60.7 Å². The van der Waals surface area contributed by atoms with Crippen molar-refractivity contribution in [1.29, 1.82) is 0 Å². The molecule has 0 spiro atoms. The molecule has 4 atom stereocenters. The number of anilines is 1. The molecule has 268 valence electrons. The van der Waals surface area contributed by atoms with E-state index in [1.807, 2.05) is 19.1 Å². The molecule has 3 aromatic carbocycles. The highest BCUT2D eigenvalue weighted by atomic mass is 32.2. The van der Waals surface area contributed by atoms with E-state index in [4.69, 9.17) is 23.7 Å². The summed E-state index contributed by atoms with van der Waals surface area (Å²) < 4.78 is 58.4. The van der Waals surface area contributed by atoms with Gasteiger partial charge in [0, 0.05) is 51.8 Å². The summed E-state index contributed by atoms with van der Waals surface area (Å²) in [6.07, 6.45) is 0.877. The van der Waals surface area contributed by atoms with Crippen LogP contribution in [0.2, 0.25) is 0 Å². The van der Waals surface area contributed by atoms with E-state index in [0.717, 1.165) is 53.2 Å². The second-order valence-corrected chi connectivity index (χ2v) is 15.1. The summed E-state index contributed by atoms with van der Waals surface area (Å²) in [5.74, 6) is 1.02. The number of benzene rings is 3. The quantitative estimate of drug-likeness (QED) is 0.192. The van der Waals surface area contributed by atoms with Crippen molar-refractivity contribution in [1.82, 2.24) is 4.31 Å². The Balaban J connectivity index is 1.37. The van der Waals surface area contributed by atoms with Crippen molar-refractivity contribution in [3.05, 3.63) is 89.0 Å². The van der Waals surface area contributed by atoms with Crippen LogP contribution in [0.4, 0.5) is 5.69 Å². The van der Waals surface area contributed by atoms with Crippen molar-refractivity contribution in [2.45, 2.75) is 62.9 Å². The number of nitrogens with zero attached hydrogens (tertiary/aromatic N) is 2. The summed E-state index contributed by atoms with van der Waals surface area (Å²) in [6.45, 7) is 8.88. The van der Waals surface area contributed by atoms with E-state index in [1.54, 1.807) is 38.5 Å². The minimum Gasteiger partial charge on any atom is -0.490 e. The summed E-state index contributed by atoms with van der Waals surface area (Å²) in [6, 6.07) is 20.6. The van der Waals surface area contributed by atoms with E-state index in [-0.39, 0.29) is 24.0 Å². The lowest BCUT2D eigenvalue weighted by atomic mass is 9.84. The molecule has 0 aromatic heterocycles. The smallest absolute Gasteiger partial charge is 0.243 e. The van der Waals surface area contributed by atoms with Crippen LogP contribution in [0.1, 0.15) is 47.9 Å². The highest BCUT2D eigenvalue weighted by Gasteiger charge is 2.42. The molecule has 49 heavy (non-hydrogen) atoms. The molecule has 1 unspecified atom stereocenters. The Hall–Kier alpha value is -3.03. The van der Waals surface area contributed by atoms with Gasteiger partial charge in [-0.1, -0.05) is 55.0 Å². The number of rotatable bonds is 17. The van der Waals surface area contributed by atoms with E-state index < -0.39 is 22.2 Å². The molecule has 0 bridgehead atoms. The van der Waals surface area contributed by atoms with Gasteiger partial charge in [-0.25, -0.2) is 8.42 Å². The van der Waals surface area contributed by atoms with Crippen LogP contribution < -0.4 is 9.64 Å². The predicted octanol–water partition coefficient (Wildman–Crippen LogP) is 5.15. The van der Waals surface area contributed by atoms with Crippen LogP contribution in [0.25, 0.3) is 0 Å². The third kappa shape index (κ3) is 9.61. The topological polar surface area (TPSA) is 107 Å². The van der Waals surface area contributed by atoms with E-state index in [0.29, 0.717) is 52.0 Å². The molecule has 2 heterocycles. The Labute approximate surface area is 291 Å². The number of aliphatic hydroxyl groups is 1. The van der Waals surface area contributed by atoms with Crippen LogP contribution in [-0.2, 0) is 42.2 Å². The normalized spacial score (nSPS) is 20.5. The largest absolute Gasteiger partial charge is 0.490 e. The zero-order valence-corrected chi connectivity index (χ0v) is 30.1. The van der Waals surface area contributed by atoms with Gasteiger partial charge in [0.15, 0.2) is 0 Å². The molecule has 0 radical (unpaired) electrons. The third-order valence-electron chi connectivity index (χ3n) is 9.33. The Kier molecular flexibility index (Phi) is 13.5. The average Bonchev–Trinajstić information content (AvgIpc) is 3.11. The lowest BCUT2D eigenvalue weighted by Gasteiger charge is -2.42. The molecule has 3 aromatic rings. The lowest BCUT2D eigenvalue weighted by Crippen LogP contribution is -2.53. The van der Waals surface area contributed by atoms with Gasteiger partial charge < -0.3 is 33.7 Å². The fourth-order valence-electron chi connectivity index (χ4n) is 6.66. The summed E-state index contributed by atoms with van der Waals surface area (Å²) in [5, 5.41) is 10.5. The zero-order chi connectivity index (χ0) is 34.8. The predicted molar refractivity (Wildman–Crippen MR) is 190 cm³/mol. The zero-order valence-electron chi connectivity index (χ0n) is 29.3. The van der Waals surface area contributed by atoms with Crippen molar-refractivity contribution in [3.63, 3.8) is 0 Å². The van der Waals surface area contributed by atoms with Gasteiger partial charge in [-0.15, -0.1) is 0 Å². The summed E-state index contributed by atoms with van der Waals surface area (Å²) in [7, 11) is -0.480. The first-order chi connectivity index (χ1) is 23.7. The van der Waals surface area contributed by atoms with Crippen molar-refractivity contribution < 1.29 is 37.2 Å². The molecular formula is C38H52N2O8S. The standard InChI is InChI=1S/C38H52N2O8S/c1-28-6-13-34(14-7-28)49(42,43)40-22-38(48-27-31-10-15-37-36(20-31)39(17-19-47-37)16-5-18-44-3)35(21-33(40)23-41)32-11-8-30(9-12-32)26-46-25-29(2)24-45-4/h6-15,20,29,33,35,38,41H,5,16-19,21-27H2,1-4H3/t29?,33-,35+,38-/m0/s1. The number of sulfonamides is 1. The molecule has 2 aliphatic heterocycles. The molecule has 0 amide bonds. The van der Waals surface area contributed by atoms with Gasteiger partial charge in [0.2, 0.25) is 10.0 Å². The van der Waals surface area contributed by atoms with Gasteiger partial charge in [0.05, 0.1) is 56.3 Å². The highest BCUT2D eigenvalue weighted by molar-refractivity contribution is 7.89. The Morgan fingerprint density at radius 3 is 2.43 bits per heavy atom. The second kappa shape index (κ2) is 17.8. The van der Waals surface area contributed by atoms with Crippen LogP contribution in [0, 0.1) is 12.8 Å². The molecule has 2 aliphatic rings. The number of fused-ring (bicyclic) bond motifs is 1. The number of piperidine rings is 1. The maximum atomic E-state index is 14.0. The number of hydrogen-bond donors (Lipinski definition) is 1. The number of methoxy groups -OCH3 is 2. The monoisotopic (exact) mass is 696 g/mol. The summed E-state index contributed by atoms with van der Waals surface area (Å²) in [4.78, 5) is 2.52. The van der Waals surface area contributed by atoms with Crippen LogP contribution in [0.15, 0.2) is 71.6 Å². The van der Waals surface area contributed by atoms with Gasteiger partial charge in [0.1, 0.15) is 12.4 Å². The third-order valence-corrected chi connectivity index (χ3v) is 11.3. The van der Waals surface area contributed by atoms with Gasteiger partial charge in [-0.2, -0.15) is 4.31 Å². The molecule has 0 saturated carbocycles. The maximum absolute atomic E-state index is 14.0. The maximum Gasteiger partial charge on any atom is 0.243 e. The van der Waals surface area contributed by atoms with Crippen molar-refractivity contribution >= 4 is 15.7 Å². The van der Waals surface area contributed by atoms with Crippen LogP contribution >= 0.6 is 0 Å². The molecule has 11 heteroatoms. The minimum absolute atomic E-state index is 0.117. The molecule has 1 fully saturated rings. The minimum atomic E-state index is -3.89. The van der Waals surface area contributed by atoms with Gasteiger partial charge in [0.25, 0.3) is 0 Å². The van der Waals surface area contributed by atoms with Crippen molar-refractivity contribution in [2.24, 2.45) is 5.92 Å². The number of ether oxygens (including phenoxy) is 5. The molecular weight excluding hydrogens is 644 g/mol. The lowest BCUT2D eigenvalue weighted by molar-refractivity contribution is -0.0268. The van der Waals surface area contributed by atoms with Crippen molar-refractivity contribution in [2.75, 3.05) is 71.8 Å². The Morgan fingerprint density at radius 1 is 0.959 bits per heavy atom. The number of aliphatic hydroxyl groups excluding tert-OH is 1. The fourth-order valence-corrected chi connectivity index (χ4v) is 8.30.